The summed E-state index contributed by atoms with van der Waals surface area (Å²) in [5.41, 5.74) is 2.47. The Hall–Kier alpha value is -2.89. The fourth-order valence-corrected chi connectivity index (χ4v) is 3.85. The number of benzene rings is 1. The second-order valence-corrected chi connectivity index (χ2v) is 6.73. The number of imidazole rings is 1. The van der Waals surface area contributed by atoms with Gasteiger partial charge in [0.15, 0.2) is 5.65 Å². The highest BCUT2D eigenvalue weighted by molar-refractivity contribution is 5.97. The highest BCUT2D eigenvalue weighted by Crippen LogP contribution is 2.31. The third kappa shape index (κ3) is 3.16. The number of para-hydroxylation sites is 1. The van der Waals surface area contributed by atoms with Gasteiger partial charge in [0, 0.05) is 31.7 Å². The lowest BCUT2D eigenvalue weighted by Gasteiger charge is -2.18. The van der Waals surface area contributed by atoms with Gasteiger partial charge in [-0.1, -0.05) is 12.1 Å². The number of aryl methyl sites for hydroxylation is 1. The topological polar surface area (TPSA) is 60.2 Å². The van der Waals surface area contributed by atoms with E-state index in [1.807, 2.05) is 48.2 Å². The number of rotatable bonds is 5. The Morgan fingerprint density at radius 3 is 2.89 bits per heavy atom. The summed E-state index contributed by atoms with van der Waals surface area (Å²) in [5, 5.41) is 0. The van der Waals surface area contributed by atoms with E-state index in [9.17, 15) is 4.79 Å². The molecule has 0 N–H and O–H groups in total. The number of aromatic nitrogens is 3. The molecule has 1 atom stereocenters. The van der Waals surface area contributed by atoms with E-state index in [1.165, 1.54) is 0 Å². The van der Waals surface area contributed by atoms with Crippen molar-refractivity contribution in [3.8, 4) is 5.75 Å². The van der Waals surface area contributed by atoms with Crippen LogP contribution in [0.4, 0.5) is 0 Å². The molecule has 1 amide bonds. The first-order valence-corrected chi connectivity index (χ1v) is 9.55. The molecular weight excluding hydrogens is 340 g/mol. The van der Waals surface area contributed by atoms with E-state index in [2.05, 4.69) is 16.5 Å². The maximum atomic E-state index is 13.1. The van der Waals surface area contributed by atoms with Crippen molar-refractivity contribution in [1.82, 2.24) is 19.4 Å². The fourth-order valence-electron chi connectivity index (χ4n) is 3.85. The number of amides is 1. The number of carbonyl (C=O) groups is 1. The molecule has 140 valence electrons. The maximum Gasteiger partial charge on any atom is 0.257 e. The van der Waals surface area contributed by atoms with Gasteiger partial charge in [0.2, 0.25) is 0 Å². The van der Waals surface area contributed by atoms with Crippen molar-refractivity contribution < 1.29 is 9.53 Å². The van der Waals surface area contributed by atoms with Crippen molar-refractivity contribution in [3.63, 3.8) is 0 Å². The SMILES string of the molecule is CCOc1ccccc1C(=O)N1CCC(c2nc3cccnc3n2CC)C1. The molecule has 6 nitrogen and oxygen atoms in total. The molecule has 6 heteroatoms. The molecule has 1 saturated heterocycles. The summed E-state index contributed by atoms with van der Waals surface area (Å²) in [7, 11) is 0. The fraction of sp³-hybridized carbons (Fsp3) is 0.381. The van der Waals surface area contributed by atoms with Crippen LogP contribution in [0.25, 0.3) is 11.2 Å². The third-order valence-electron chi connectivity index (χ3n) is 5.11. The average molecular weight is 364 g/mol. The van der Waals surface area contributed by atoms with Crippen LogP contribution in [0.15, 0.2) is 42.6 Å². The van der Waals surface area contributed by atoms with Crippen molar-refractivity contribution in [1.29, 1.82) is 0 Å². The molecule has 1 aromatic carbocycles. The van der Waals surface area contributed by atoms with Gasteiger partial charge in [0.25, 0.3) is 5.91 Å². The minimum Gasteiger partial charge on any atom is -0.493 e. The largest absolute Gasteiger partial charge is 0.493 e. The van der Waals surface area contributed by atoms with Crippen LogP contribution in [-0.4, -0.2) is 45.0 Å². The summed E-state index contributed by atoms with van der Waals surface area (Å²) in [4.78, 5) is 24.3. The van der Waals surface area contributed by atoms with Crippen molar-refractivity contribution in [2.24, 2.45) is 0 Å². The van der Waals surface area contributed by atoms with Crippen LogP contribution < -0.4 is 4.74 Å². The lowest BCUT2D eigenvalue weighted by Crippen LogP contribution is -2.29. The van der Waals surface area contributed by atoms with Crippen LogP contribution >= 0.6 is 0 Å². The first-order chi connectivity index (χ1) is 13.2. The monoisotopic (exact) mass is 364 g/mol. The van der Waals surface area contributed by atoms with Gasteiger partial charge in [-0.3, -0.25) is 4.79 Å². The molecule has 27 heavy (non-hydrogen) atoms. The molecule has 0 saturated carbocycles. The van der Waals surface area contributed by atoms with E-state index in [4.69, 9.17) is 9.72 Å². The molecule has 3 heterocycles. The predicted molar refractivity (Wildman–Crippen MR) is 104 cm³/mol. The first kappa shape index (κ1) is 17.5. The molecule has 0 spiro atoms. The second kappa shape index (κ2) is 7.39. The highest BCUT2D eigenvalue weighted by Gasteiger charge is 2.32. The molecule has 0 aliphatic carbocycles. The number of hydrogen-bond donors (Lipinski definition) is 0. The Morgan fingerprint density at radius 1 is 1.22 bits per heavy atom. The number of pyridine rings is 1. The smallest absolute Gasteiger partial charge is 0.257 e. The normalized spacial score (nSPS) is 16.8. The second-order valence-electron chi connectivity index (χ2n) is 6.73. The summed E-state index contributed by atoms with van der Waals surface area (Å²) in [6, 6.07) is 11.4. The molecule has 0 radical (unpaired) electrons. The number of fused-ring (bicyclic) bond motifs is 1. The average Bonchev–Trinajstić information content (AvgIpc) is 3.32. The van der Waals surface area contributed by atoms with E-state index in [0.717, 1.165) is 36.5 Å². The lowest BCUT2D eigenvalue weighted by molar-refractivity contribution is 0.0786. The van der Waals surface area contributed by atoms with E-state index >= 15 is 0 Å². The Kier molecular flexibility index (Phi) is 4.79. The van der Waals surface area contributed by atoms with E-state index in [1.54, 1.807) is 6.20 Å². The standard InChI is InChI=1S/C21H24N4O2/c1-3-25-19(23-17-9-7-12-22-20(17)25)15-11-13-24(14-15)21(26)16-8-5-6-10-18(16)27-4-2/h5-10,12,15H,3-4,11,13-14H2,1-2H3. The molecule has 3 aromatic rings. The van der Waals surface area contributed by atoms with E-state index in [-0.39, 0.29) is 11.8 Å². The van der Waals surface area contributed by atoms with Crippen LogP contribution in [0.3, 0.4) is 0 Å². The highest BCUT2D eigenvalue weighted by atomic mass is 16.5. The summed E-state index contributed by atoms with van der Waals surface area (Å²) in [6.45, 7) is 6.79. The van der Waals surface area contributed by atoms with Gasteiger partial charge in [-0.25, -0.2) is 9.97 Å². The van der Waals surface area contributed by atoms with Gasteiger partial charge in [0.1, 0.15) is 17.1 Å². The molecule has 2 aromatic heterocycles. The quantitative estimate of drug-likeness (QED) is 0.695. The van der Waals surface area contributed by atoms with E-state index < -0.39 is 0 Å². The lowest BCUT2D eigenvalue weighted by atomic mass is 10.1. The summed E-state index contributed by atoms with van der Waals surface area (Å²) >= 11 is 0. The Bertz CT molecular complexity index is 966. The van der Waals surface area contributed by atoms with Gasteiger partial charge in [-0.05, 0) is 44.5 Å². The zero-order chi connectivity index (χ0) is 18.8. The summed E-state index contributed by atoms with van der Waals surface area (Å²) < 4.78 is 7.80. The number of likely N-dealkylation sites (tertiary alicyclic amines) is 1. The zero-order valence-electron chi connectivity index (χ0n) is 15.8. The summed E-state index contributed by atoms with van der Waals surface area (Å²) in [6.07, 6.45) is 2.71. The van der Waals surface area contributed by atoms with Gasteiger partial charge in [0.05, 0.1) is 12.2 Å². The number of carbonyl (C=O) groups excluding carboxylic acids is 1. The first-order valence-electron chi connectivity index (χ1n) is 9.55. The van der Waals surface area contributed by atoms with Crippen molar-refractivity contribution in [3.05, 3.63) is 54.0 Å². The molecule has 1 fully saturated rings. The zero-order valence-corrected chi connectivity index (χ0v) is 15.8. The van der Waals surface area contributed by atoms with Crippen LogP contribution in [-0.2, 0) is 6.54 Å². The third-order valence-corrected chi connectivity index (χ3v) is 5.11. The summed E-state index contributed by atoms with van der Waals surface area (Å²) in [5.74, 6) is 1.93. The van der Waals surface area contributed by atoms with Crippen LogP contribution in [0.2, 0.25) is 0 Å². The van der Waals surface area contributed by atoms with Gasteiger partial charge in [-0.2, -0.15) is 0 Å². The minimum absolute atomic E-state index is 0.0267. The van der Waals surface area contributed by atoms with Crippen LogP contribution in [0.1, 0.15) is 42.4 Å². The van der Waals surface area contributed by atoms with Gasteiger partial charge >= 0.3 is 0 Å². The maximum absolute atomic E-state index is 13.1. The van der Waals surface area contributed by atoms with Gasteiger partial charge < -0.3 is 14.2 Å². The molecule has 1 aliphatic rings. The van der Waals surface area contributed by atoms with Crippen LogP contribution in [0.5, 0.6) is 5.75 Å². The minimum atomic E-state index is 0.0267. The molecule has 4 rings (SSSR count). The Labute approximate surface area is 158 Å². The van der Waals surface area contributed by atoms with Crippen molar-refractivity contribution in [2.75, 3.05) is 19.7 Å². The number of nitrogens with zero attached hydrogens (tertiary/aromatic N) is 4. The van der Waals surface area contributed by atoms with Crippen molar-refractivity contribution in [2.45, 2.75) is 32.7 Å². The number of ether oxygens (including phenoxy) is 1. The van der Waals surface area contributed by atoms with Gasteiger partial charge in [-0.15, -0.1) is 0 Å². The Balaban J connectivity index is 1.58. The molecule has 1 unspecified atom stereocenters. The van der Waals surface area contributed by atoms with E-state index in [0.29, 0.717) is 24.5 Å². The molecular formula is C21H24N4O2. The van der Waals surface area contributed by atoms with Crippen LogP contribution in [0, 0.1) is 0 Å². The molecule has 1 aliphatic heterocycles. The molecule has 0 bridgehead atoms. The Morgan fingerprint density at radius 2 is 2.07 bits per heavy atom. The van der Waals surface area contributed by atoms with Crippen molar-refractivity contribution >= 4 is 17.1 Å². The predicted octanol–water partition coefficient (Wildman–Crippen LogP) is 3.48. The number of hydrogen-bond acceptors (Lipinski definition) is 4.